The Morgan fingerprint density at radius 1 is 0.682 bits per heavy atom. The van der Waals surface area contributed by atoms with Gasteiger partial charge in [0.05, 0.1) is 0 Å². The molecule has 0 amide bonds. The fourth-order valence-electron chi connectivity index (χ4n) is 5.70. The van der Waals surface area contributed by atoms with Crippen LogP contribution in [-0.2, 0) is 0 Å². The number of hydrogen-bond acceptors (Lipinski definition) is 0. The summed E-state index contributed by atoms with van der Waals surface area (Å²) in [6.45, 7) is 14.7. The highest BCUT2D eigenvalue weighted by atomic mass is 14.5. The molecule has 1 fully saturated rings. The van der Waals surface area contributed by atoms with Crippen LogP contribution in [0.25, 0.3) is 0 Å². The minimum absolute atomic E-state index is 0.951. The van der Waals surface area contributed by atoms with Gasteiger partial charge in [-0.2, -0.15) is 0 Å². The number of unbranched alkanes of at least 4 members (excludes halogenated alkanes) is 5. The van der Waals surface area contributed by atoms with Gasteiger partial charge >= 0.3 is 0 Å². The summed E-state index contributed by atoms with van der Waals surface area (Å²) in [6.07, 6.45) is 14.4. The number of hydrogen-bond donors (Lipinski definition) is 0. The summed E-state index contributed by atoms with van der Waals surface area (Å²) in [5.74, 6) is 5.91. The first-order valence-corrected chi connectivity index (χ1v) is 10.6. The van der Waals surface area contributed by atoms with Crippen molar-refractivity contribution in [3.63, 3.8) is 0 Å². The van der Waals surface area contributed by atoms with Gasteiger partial charge < -0.3 is 0 Å². The highest BCUT2D eigenvalue weighted by Gasteiger charge is 2.49. The van der Waals surface area contributed by atoms with Crippen molar-refractivity contribution in [3.8, 4) is 0 Å². The summed E-state index contributed by atoms with van der Waals surface area (Å²) >= 11 is 0. The average Bonchev–Trinajstić information content (AvgIpc) is 2.50. The van der Waals surface area contributed by atoms with E-state index in [1.807, 2.05) is 0 Å². The van der Waals surface area contributed by atoms with E-state index >= 15 is 0 Å². The molecular formula is C22H44. The molecule has 0 N–H and O–H groups in total. The molecule has 4 atom stereocenters. The van der Waals surface area contributed by atoms with Crippen LogP contribution in [0.2, 0.25) is 0 Å². The molecule has 1 rings (SSSR count). The van der Waals surface area contributed by atoms with Gasteiger partial charge in [-0.3, -0.25) is 0 Å². The molecule has 0 bridgehead atoms. The van der Waals surface area contributed by atoms with Crippen LogP contribution in [0.15, 0.2) is 0 Å². The third kappa shape index (κ3) is 5.27. The van der Waals surface area contributed by atoms with Gasteiger partial charge in [0.1, 0.15) is 0 Å². The lowest BCUT2D eigenvalue weighted by Gasteiger charge is -2.55. The molecule has 4 unspecified atom stereocenters. The van der Waals surface area contributed by atoms with E-state index in [0.717, 1.165) is 35.5 Å². The maximum absolute atomic E-state index is 2.56. The third-order valence-corrected chi connectivity index (χ3v) is 6.83. The van der Waals surface area contributed by atoms with Crippen molar-refractivity contribution in [2.75, 3.05) is 0 Å². The summed E-state index contributed by atoms with van der Waals surface area (Å²) in [6, 6.07) is 0. The molecule has 132 valence electrons. The van der Waals surface area contributed by atoms with Crippen molar-refractivity contribution >= 4 is 0 Å². The van der Waals surface area contributed by atoms with Gasteiger partial charge in [0.15, 0.2) is 0 Å². The van der Waals surface area contributed by atoms with Gasteiger partial charge in [-0.05, 0) is 35.5 Å². The molecule has 1 aliphatic carbocycles. The standard InChI is InChI=1S/C22H44/c1-7-10-11-12-13-14-16-17(4)21-18(5)22(19(21)6)20(9-3)15-8-2/h17-22H,7-16H2,1-6H3. The van der Waals surface area contributed by atoms with E-state index in [1.165, 1.54) is 64.2 Å². The van der Waals surface area contributed by atoms with E-state index in [9.17, 15) is 0 Å². The van der Waals surface area contributed by atoms with Gasteiger partial charge in [0.25, 0.3) is 0 Å². The first kappa shape index (κ1) is 20.0. The van der Waals surface area contributed by atoms with E-state index in [2.05, 4.69) is 41.5 Å². The van der Waals surface area contributed by atoms with Crippen molar-refractivity contribution < 1.29 is 0 Å². The Kier molecular flexibility index (Phi) is 9.76. The van der Waals surface area contributed by atoms with E-state index < -0.39 is 0 Å². The van der Waals surface area contributed by atoms with Gasteiger partial charge in [-0.15, -0.1) is 0 Å². The molecule has 0 aromatic carbocycles. The van der Waals surface area contributed by atoms with Crippen molar-refractivity contribution in [3.05, 3.63) is 0 Å². The first-order valence-electron chi connectivity index (χ1n) is 10.6. The predicted octanol–water partition coefficient (Wildman–Crippen LogP) is 7.72. The lowest BCUT2D eigenvalue weighted by atomic mass is 9.50. The zero-order chi connectivity index (χ0) is 16.5. The third-order valence-electron chi connectivity index (χ3n) is 6.83. The highest BCUT2D eigenvalue weighted by molar-refractivity contribution is 4.97. The lowest BCUT2D eigenvalue weighted by Crippen LogP contribution is -2.50. The van der Waals surface area contributed by atoms with Crippen LogP contribution >= 0.6 is 0 Å². The molecular weight excluding hydrogens is 264 g/mol. The van der Waals surface area contributed by atoms with E-state index in [-0.39, 0.29) is 0 Å². The molecule has 0 heterocycles. The summed E-state index contributed by atoms with van der Waals surface area (Å²) < 4.78 is 0. The quantitative estimate of drug-likeness (QED) is 0.324. The van der Waals surface area contributed by atoms with Gasteiger partial charge in [0.2, 0.25) is 0 Å². The molecule has 0 radical (unpaired) electrons. The fraction of sp³-hybridized carbons (Fsp3) is 1.00. The molecule has 0 aromatic rings. The topological polar surface area (TPSA) is 0 Å². The molecule has 0 aliphatic heterocycles. The molecule has 0 nitrogen and oxygen atoms in total. The Hall–Kier alpha value is 0. The second-order valence-corrected chi connectivity index (χ2v) is 8.36. The molecule has 0 heteroatoms. The van der Waals surface area contributed by atoms with Crippen LogP contribution in [-0.4, -0.2) is 0 Å². The van der Waals surface area contributed by atoms with Crippen molar-refractivity contribution in [1.82, 2.24) is 0 Å². The largest absolute Gasteiger partial charge is 0.0654 e. The highest BCUT2D eigenvalue weighted by Crippen LogP contribution is 2.55. The Morgan fingerprint density at radius 3 is 1.82 bits per heavy atom. The van der Waals surface area contributed by atoms with E-state index in [4.69, 9.17) is 0 Å². The van der Waals surface area contributed by atoms with Crippen LogP contribution < -0.4 is 0 Å². The van der Waals surface area contributed by atoms with Crippen LogP contribution in [0.3, 0.4) is 0 Å². The van der Waals surface area contributed by atoms with Crippen LogP contribution in [0.5, 0.6) is 0 Å². The molecule has 1 saturated carbocycles. The maximum Gasteiger partial charge on any atom is -0.0329 e. The van der Waals surface area contributed by atoms with Crippen molar-refractivity contribution in [2.24, 2.45) is 35.5 Å². The second kappa shape index (κ2) is 10.7. The molecule has 1 aliphatic rings. The summed E-state index contributed by atoms with van der Waals surface area (Å²) in [4.78, 5) is 0. The summed E-state index contributed by atoms with van der Waals surface area (Å²) in [7, 11) is 0. The molecule has 0 aromatic heterocycles. The van der Waals surface area contributed by atoms with Gasteiger partial charge in [-0.25, -0.2) is 0 Å². The predicted molar refractivity (Wildman–Crippen MR) is 101 cm³/mol. The maximum atomic E-state index is 2.56. The van der Waals surface area contributed by atoms with Gasteiger partial charge in [-0.1, -0.05) is 106 Å². The Bertz CT molecular complexity index is 259. The normalized spacial score (nSPS) is 30.8. The Morgan fingerprint density at radius 2 is 1.27 bits per heavy atom. The number of rotatable bonds is 12. The minimum atomic E-state index is 0.951. The summed E-state index contributed by atoms with van der Waals surface area (Å²) in [5.41, 5.74) is 0. The zero-order valence-electron chi connectivity index (χ0n) is 16.5. The minimum Gasteiger partial charge on any atom is -0.0654 e. The van der Waals surface area contributed by atoms with Crippen LogP contribution in [0.4, 0.5) is 0 Å². The Balaban J connectivity index is 2.31. The molecule has 0 saturated heterocycles. The van der Waals surface area contributed by atoms with Crippen molar-refractivity contribution in [1.29, 1.82) is 0 Å². The van der Waals surface area contributed by atoms with Gasteiger partial charge in [0, 0.05) is 0 Å². The zero-order valence-corrected chi connectivity index (χ0v) is 16.5. The van der Waals surface area contributed by atoms with Crippen LogP contribution in [0.1, 0.15) is 106 Å². The molecule has 0 spiro atoms. The van der Waals surface area contributed by atoms with Crippen molar-refractivity contribution in [2.45, 2.75) is 106 Å². The molecule has 22 heavy (non-hydrogen) atoms. The second-order valence-electron chi connectivity index (χ2n) is 8.36. The van der Waals surface area contributed by atoms with E-state index in [0.29, 0.717) is 0 Å². The first-order chi connectivity index (χ1) is 10.6. The van der Waals surface area contributed by atoms with E-state index in [1.54, 1.807) is 0 Å². The monoisotopic (exact) mass is 308 g/mol. The average molecular weight is 309 g/mol. The fourth-order valence-corrected chi connectivity index (χ4v) is 5.70. The van der Waals surface area contributed by atoms with Crippen LogP contribution in [0, 0.1) is 35.5 Å². The SMILES string of the molecule is CCCCCCCCC(C)C1C(C)C(C(CC)CCC)C1C. The summed E-state index contributed by atoms with van der Waals surface area (Å²) in [5, 5.41) is 0. The lowest BCUT2D eigenvalue weighted by molar-refractivity contribution is -0.0732. The smallest absolute Gasteiger partial charge is 0.0329 e. The Labute approximate surface area is 141 Å².